The van der Waals surface area contributed by atoms with Gasteiger partial charge in [0.1, 0.15) is 6.33 Å². The number of rotatable bonds is 2. The molecule has 1 aromatic heterocycles. The third-order valence-corrected chi connectivity index (χ3v) is 4.49. The molecule has 1 aliphatic rings. The Balaban J connectivity index is 1.74. The van der Waals surface area contributed by atoms with E-state index in [4.69, 9.17) is 0 Å². The molecule has 4 rings (SSSR count). The number of hydrogen-bond acceptors (Lipinski definition) is 3. The lowest BCUT2D eigenvalue weighted by Crippen LogP contribution is -2.46. The fourth-order valence-corrected chi connectivity index (χ4v) is 3.33. The molecule has 0 saturated carbocycles. The van der Waals surface area contributed by atoms with Crippen molar-refractivity contribution in [3.05, 3.63) is 78.1 Å². The molecule has 0 fully saturated rings. The molecule has 0 saturated heterocycles. The van der Waals surface area contributed by atoms with E-state index in [1.54, 1.807) is 4.90 Å². The number of carbonyl (C=O) groups excluding carboxylic acids is 1. The number of nitrogens with zero attached hydrogens (tertiary/aromatic N) is 4. The van der Waals surface area contributed by atoms with Crippen molar-refractivity contribution in [1.82, 2.24) is 14.8 Å². The Bertz CT molecular complexity index is 844. The van der Waals surface area contributed by atoms with E-state index in [-0.39, 0.29) is 18.0 Å². The number of amides is 1. The second-order valence-corrected chi connectivity index (χ2v) is 6.06. The number of benzene rings is 2. The van der Waals surface area contributed by atoms with Gasteiger partial charge in [0.15, 0.2) is 0 Å². The van der Waals surface area contributed by atoms with Crippen LogP contribution in [-0.4, -0.2) is 26.7 Å². The highest BCUT2D eigenvalue weighted by Gasteiger charge is 2.36. The summed E-state index contributed by atoms with van der Waals surface area (Å²) in [5, 5.41) is 4.39. The third kappa shape index (κ3) is 2.38. The van der Waals surface area contributed by atoms with Crippen molar-refractivity contribution >= 4 is 11.9 Å². The van der Waals surface area contributed by atoms with Gasteiger partial charge in [-0.1, -0.05) is 48.5 Å². The molecule has 0 unspecified atom stereocenters. The van der Waals surface area contributed by atoms with E-state index >= 15 is 0 Å². The summed E-state index contributed by atoms with van der Waals surface area (Å²) in [6, 6.07) is 19.7. The average Bonchev–Trinajstić information content (AvgIpc) is 3.11. The molecular formula is C19H18N4O. The molecule has 24 heavy (non-hydrogen) atoms. The van der Waals surface area contributed by atoms with Gasteiger partial charge >= 0.3 is 0 Å². The summed E-state index contributed by atoms with van der Waals surface area (Å²) in [6.07, 6.45) is 2.33. The van der Waals surface area contributed by atoms with E-state index in [1.807, 2.05) is 53.2 Å². The minimum Gasteiger partial charge on any atom is -0.274 e. The second kappa shape index (κ2) is 5.92. The van der Waals surface area contributed by atoms with E-state index in [2.05, 4.69) is 29.1 Å². The van der Waals surface area contributed by atoms with E-state index in [0.717, 1.165) is 6.42 Å². The fraction of sp³-hybridized carbons (Fsp3) is 0.211. The molecule has 0 spiro atoms. The molecule has 0 aliphatic carbocycles. The van der Waals surface area contributed by atoms with Crippen LogP contribution in [0.25, 0.3) is 0 Å². The highest BCUT2D eigenvalue weighted by molar-refractivity contribution is 6.05. The maximum Gasteiger partial charge on any atom is 0.260 e. The van der Waals surface area contributed by atoms with Crippen molar-refractivity contribution in [2.75, 3.05) is 4.90 Å². The van der Waals surface area contributed by atoms with Gasteiger partial charge in [-0.15, -0.1) is 0 Å². The normalized spacial score (nSPS) is 19.8. The first-order valence-electron chi connectivity index (χ1n) is 8.09. The summed E-state index contributed by atoms with van der Waals surface area (Å²) >= 11 is 0. The number of hydrogen-bond donors (Lipinski definition) is 0. The summed E-state index contributed by atoms with van der Waals surface area (Å²) in [5.74, 6) is 0.570. The first-order valence-corrected chi connectivity index (χ1v) is 8.09. The van der Waals surface area contributed by atoms with Crippen molar-refractivity contribution in [3.63, 3.8) is 0 Å². The summed E-state index contributed by atoms with van der Waals surface area (Å²) in [7, 11) is 0. The summed E-state index contributed by atoms with van der Waals surface area (Å²) in [6.45, 7) is 2.06. The quantitative estimate of drug-likeness (QED) is 0.728. The second-order valence-electron chi connectivity index (χ2n) is 6.06. The van der Waals surface area contributed by atoms with Crippen LogP contribution in [0.3, 0.4) is 0 Å². The van der Waals surface area contributed by atoms with Crippen LogP contribution in [-0.2, 0) is 0 Å². The molecule has 1 amide bonds. The molecule has 2 atom stereocenters. The van der Waals surface area contributed by atoms with Crippen LogP contribution in [0.4, 0.5) is 5.95 Å². The zero-order chi connectivity index (χ0) is 16.5. The molecule has 2 heterocycles. The Morgan fingerprint density at radius 3 is 2.42 bits per heavy atom. The smallest absolute Gasteiger partial charge is 0.260 e. The molecular weight excluding hydrogens is 300 g/mol. The fourth-order valence-electron chi connectivity index (χ4n) is 3.33. The molecule has 5 nitrogen and oxygen atoms in total. The minimum absolute atomic E-state index is 0.0381. The third-order valence-electron chi connectivity index (χ3n) is 4.49. The van der Waals surface area contributed by atoms with E-state index < -0.39 is 0 Å². The first-order chi connectivity index (χ1) is 11.8. The van der Waals surface area contributed by atoms with Gasteiger partial charge in [0, 0.05) is 11.6 Å². The van der Waals surface area contributed by atoms with Gasteiger partial charge in [-0.05, 0) is 31.0 Å². The maximum atomic E-state index is 13.0. The monoisotopic (exact) mass is 318 g/mol. The van der Waals surface area contributed by atoms with Gasteiger partial charge in [0.2, 0.25) is 5.95 Å². The summed E-state index contributed by atoms with van der Waals surface area (Å²) in [5.41, 5.74) is 1.85. The van der Waals surface area contributed by atoms with E-state index in [1.165, 1.54) is 11.9 Å². The Kier molecular flexibility index (Phi) is 3.61. The predicted octanol–water partition coefficient (Wildman–Crippen LogP) is 3.31. The standard InChI is InChI=1S/C19H18N4O/c1-14-12-17(15-8-4-2-5-9-15)23-19(20-13-21-23)22(14)18(24)16-10-6-3-7-11-16/h2-11,13-14,17H,12H2,1H3/t14-,17-/m1/s1. The van der Waals surface area contributed by atoms with Gasteiger partial charge in [-0.2, -0.15) is 10.1 Å². The molecule has 0 bridgehead atoms. The van der Waals surface area contributed by atoms with Gasteiger partial charge in [0.05, 0.1) is 6.04 Å². The lowest BCUT2D eigenvalue weighted by atomic mass is 9.97. The van der Waals surface area contributed by atoms with Crippen molar-refractivity contribution in [2.45, 2.75) is 25.4 Å². The average molecular weight is 318 g/mol. The lowest BCUT2D eigenvalue weighted by molar-refractivity contribution is 0.0966. The van der Waals surface area contributed by atoms with Gasteiger partial charge in [-0.3, -0.25) is 9.69 Å². The van der Waals surface area contributed by atoms with Crippen LogP contribution < -0.4 is 4.90 Å². The number of carbonyl (C=O) groups is 1. The minimum atomic E-state index is -0.0381. The van der Waals surface area contributed by atoms with E-state index in [0.29, 0.717) is 11.5 Å². The Morgan fingerprint density at radius 1 is 1.04 bits per heavy atom. The van der Waals surface area contributed by atoms with E-state index in [9.17, 15) is 4.79 Å². The van der Waals surface area contributed by atoms with Crippen LogP contribution in [0.15, 0.2) is 67.0 Å². The SMILES string of the molecule is C[C@@H]1C[C@H](c2ccccc2)n2ncnc2N1C(=O)c1ccccc1. The van der Waals surface area contributed by atoms with Crippen LogP contribution in [0.5, 0.6) is 0 Å². The number of fused-ring (bicyclic) bond motifs is 1. The van der Waals surface area contributed by atoms with Gasteiger partial charge < -0.3 is 0 Å². The topological polar surface area (TPSA) is 51.0 Å². The molecule has 0 N–H and O–H groups in total. The molecule has 2 aromatic carbocycles. The van der Waals surface area contributed by atoms with Crippen molar-refractivity contribution < 1.29 is 4.79 Å². The number of aromatic nitrogens is 3. The summed E-state index contributed by atoms with van der Waals surface area (Å²) < 4.78 is 1.86. The highest BCUT2D eigenvalue weighted by atomic mass is 16.2. The molecule has 120 valence electrons. The Morgan fingerprint density at radius 2 is 1.71 bits per heavy atom. The summed E-state index contributed by atoms with van der Waals surface area (Å²) in [4.78, 5) is 19.1. The Hall–Kier alpha value is -2.95. The Labute approximate surface area is 140 Å². The first kappa shape index (κ1) is 14.6. The highest BCUT2D eigenvalue weighted by Crippen LogP contribution is 2.34. The lowest BCUT2D eigenvalue weighted by Gasteiger charge is -2.37. The van der Waals surface area contributed by atoms with Gasteiger partial charge in [-0.25, -0.2) is 4.68 Å². The molecule has 1 aliphatic heterocycles. The molecule has 5 heteroatoms. The predicted molar refractivity (Wildman–Crippen MR) is 91.9 cm³/mol. The zero-order valence-electron chi connectivity index (χ0n) is 13.4. The van der Waals surface area contributed by atoms with Crippen LogP contribution >= 0.6 is 0 Å². The van der Waals surface area contributed by atoms with Crippen molar-refractivity contribution in [1.29, 1.82) is 0 Å². The molecule has 0 radical (unpaired) electrons. The molecule has 3 aromatic rings. The van der Waals surface area contributed by atoms with Crippen molar-refractivity contribution in [2.24, 2.45) is 0 Å². The largest absolute Gasteiger partial charge is 0.274 e. The van der Waals surface area contributed by atoms with Gasteiger partial charge in [0.25, 0.3) is 5.91 Å². The van der Waals surface area contributed by atoms with Crippen LogP contribution in [0.1, 0.15) is 35.3 Å². The number of anilines is 1. The zero-order valence-corrected chi connectivity index (χ0v) is 13.4. The maximum absolute atomic E-state index is 13.0. The van der Waals surface area contributed by atoms with Crippen LogP contribution in [0.2, 0.25) is 0 Å². The van der Waals surface area contributed by atoms with Crippen molar-refractivity contribution in [3.8, 4) is 0 Å². The van der Waals surface area contributed by atoms with Crippen LogP contribution in [0, 0.1) is 0 Å².